The Morgan fingerprint density at radius 3 is 2.69 bits per heavy atom. The molecule has 3 N–H and O–H groups in total. The van der Waals surface area contributed by atoms with Crippen LogP contribution < -0.4 is 5.73 Å². The van der Waals surface area contributed by atoms with E-state index in [9.17, 15) is 9.50 Å². The monoisotopic (exact) mass is 177 g/mol. The van der Waals surface area contributed by atoms with Crippen LogP contribution in [0.4, 0.5) is 10.1 Å². The van der Waals surface area contributed by atoms with Gasteiger partial charge in [0.1, 0.15) is 11.6 Å². The largest absolute Gasteiger partial charge is 0.507 e. The average Bonchev–Trinajstić information content (AvgIpc) is 2.07. The molecule has 13 heavy (non-hydrogen) atoms. The second kappa shape index (κ2) is 2.62. The summed E-state index contributed by atoms with van der Waals surface area (Å²) >= 11 is 0. The third kappa shape index (κ3) is 1.18. The minimum Gasteiger partial charge on any atom is -0.507 e. The normalized spacial score (nSPS) is 10.5. The highest BCUT2D eigenvalue weighted by atomic mass is 19.1. The molecule has 0 aliphatic rings. The van der Waals surface area contributed by atoms with E-state index in [1.54, 1.807) is 12.1 Å². The van der Waals surface area contributed by atoms with Crippen molar-refractivity contribution in [2.75, 3.05) is 5.73 Å². The zero-order valence-electron chi connectivity index (χ0n) is 6.79. The molecular formula is C10H8FNO. The van der Waals surface area contributed by atoms with Gasteiger partial charge in [-0.15, -0.1) is 0 Å². The number of rotatable bonds is 0. The maximum absolute atomic E-state index is 13.2. The van der Waals surface area contributed by atoms with Crippen molar-refractivity contribution in [3.8, 4) is 5.75 Å². The first-order valence-corrected chi connectivity index (χ1v) is 3.85. The van der Waals surface area contributed by atoms with E-state index in [0.29, 0.717) is 16.5 Å². The molecular weight excluding hydrogens is 169 g/mol. The average molecular weight is 177 g/mol. The Kier molecular flexibility index (Phi) is 1.59. The zero-order chi connectivity index (χ0) is 9.42. The number of halogens is 1. The molecule has 2 aromatic carbocycles. The molecule has 3 heteroatoms. The quantitative estimate of drug-likeness (QED) is 0.606. The fourth-order valence-corrected chi connectivity index (χ4v) is 1.35. The Morgan fingerprint density at radius 2 is 1.92 bits per heavy atom. The molecule has 0 amide bonds. The van der Waals surface area contributed by atoms with Crippen LogP contribution in [0.15, 0.2) is 30.3 Å². The van der Waals surface area contributed by atoms with Gasteiger partial charge in [0.25, 0.3) is 0 Å². The van der Waals surface area contributed by atoms with Crippen molar-refractivity contribution in [3.05, 3.63) is 36.1 Å². The van der Waals surface area contributed by atoms with Crippen molar-refractivity contribution in [3.63, 3.8) is 0 Å². The summed E-state index contributed by atoms with van der Waals surface area (Å²) in [6, 6.07) is 7.44. The number of phenols is 1. The van der Waals surface area contributed by atoms with Crippen LogP contribution >= 0.6 is 0 Å². The van der Waals surface area contributed by atoms with Gasteiger partial charge >= 0.3 is 0 Å². The number of anilines is 1. The third-order valence-electron chi connectivity index (χ3n) is 1.94. The van der Waals surface area contributed by atoms with Crippen molar-refractivity contribution in [1.29, 1.82) is 0 Å². The van der Waals surface area contributed by atoms with Crippen molar-refractivity contribution in [1.82, 2.24) is 0 Å². The van der Waals surface area contributed by atoms with Gasteiger partial charge in [-0.2, -0.15) is 0 Å². The van der Waals surface area contributed by atoms with Gasteiger partial charge in [0, 0.05) is 22.5 Å². The van der Waals surface area contributed by atoms with Crippen molar-refractivity contribution in [2.24, 2.45) is 0 Å². The number of fused-ring (bicyclic) bond motifs is 1. The number of phenolic OH excluding ortho intramolecular Hbond substituents is 1. The molecule has 0 aromatic heterocycles. The van der Waals surface area contributed by atoms with Gasteiger partial charge in [-0.05, 0) is 12.1 Å². The van der Waals surface area contributed by atoms with E-state index in [4.69, 9.17) is 5.73 Å². The summed E-state index contributed by atoms with van der Waals surface area (Å²) in [6.07, 6.45) is 0. The van der Waals surface area contributed by atoms with E-state index in [1.807, 2.05) is 0 Å². The minimum absolute atomic E-state index is 0.00880. The highest BCUT2D eigenvalue weighted by molar-refractivity contribution is 5.91. The van der Waals surface area contributed by atoms with Gasteiger partial charge in [0.05, 0.1) is 0 Å². The van der Waals surface area contributed by atoms with E-state index >= 15 is 0 Å². The molecule has 0 saturated heterocycles. The summed E-state index contributed by atoms with van der Waals surface area (Å²) in [4.78, 5) is 0. The zero-order valence-corrected chi connectivity index (χ0v) is 6.79. The molecule has 0 aliphatic heterocycles. The number of benzene rings is 2. The third-order valence-corrected chi connectivity index (χ3v) is 1.94. The lowest BCUT2D eigenvalue weighted by Crippen LogP contribution is -1.86. The van der Waals surface area contributed by atoms with E-state index in [0.717, 1.165) is 0 Å². The SMILES string of the molecule is Nc1cc(O)c2cccc(F)c2c1. The van der Waals surface area contributed by atoms with Crippen LogP contribution in [0.2, 0.25) is 0 Å². The molecule has 0 heterocycles. The van der Waals surface area contributed by atoms with E-state index in [-0.39, 0.29) is 11.6 Å². The van der Waals surface area contributed by atoms with Gasteiger partial charge < -0.3 is 10.8 Å². The smallest absolute Gasteiger partial charge is 0.131 e. The molecule has 0 aliphatic carbocycles. The highest BCUT2D eigenvalue weighted by Gasteiger charge is 2.04. The lowest BCUT2D eigenvalue weighted by molar-refractivity contribution is 0.481. The summed E-state index contributed by atoms with van der Waals surface area (Å²) in [7, 11) is 0. The Balaban J connectivity index is 2.94. The van der Waals surface area contributed by atoms with Gasteiger partial charge in [0.15, 0.2) is 0 Å². The van der Waals surface area contributed by atoms with Crippen LogP contribution in [0.25, 0.3) is 10.8 Å². The fraction of sp³-hybridized carbons (Fsp3) is 0. The number of nitrogens with two attached hydrogens (primary N) is 1. The Morgan fingerprint density at radius 1 is 1.15 bits per heavy atom. The van der Waals surface area contributed by atoms with Crippen LogP contribution in [0.5, 0.6) is 5.75 Å². The number of aromatic hydroxyl groups is 1. The van der Waals surface area contributed by atoms with Crippen LogP contribution in [0, 0.1) is 5.82 Å². The topological polar surface area (TPSA) is 46.2 Å². The molecule has 0 fully saturated rings. The number of hydrogen-bond acceptors (Lipinski definition) is 2. The van der Waals surface area contributed by atoms with Crippen molar-refractivity contribution < 1.29 is 9.50 Å². The van der Waals surface area contributed by atoms with E-state index in [2.05, 4.69) is 0 Å². The summed E-state index contributed by atoms with van der Waals surface area (Å²) < 4.78 is 13.2. The predicted octanol–water partition coefficient (Wildman–Crippen LogP) is 2.27. The maximum atomic E-state index is 13.2. The van der Waals surface area contributed by atoms with Crippen molar-refractivity contribution >= 4 is 16.5 Å². The Hall–Kier alpha value is -1.77. The maximum Gasteiger partial charge on any atom is 0.131 e. The summed E-state index contributed by atoms with van der Waals surface area (Å²) in [6.45, 7) is 0. The van der Waals surface area contributed by atoms with Gasteiger partial charge in [-0.3, -0.25) is 0 Å². The van der Waals surface area contributed by atoms with Crippen LogP contribution in [0.3, 0.4) is 0 Å². The first-order chi connectivity index (χ1) is 6.18. The van der Waals surface area contributed by atoms with Crippen LogP contribution in [0.1, 0.15) is 0 Å². The molecule has 2 nitrogen and oxygen atoms in total. The first kappa shape index (κ1) is 7.86. The molecule has 0 spiro atoms. The Bertz CT molecular complexity index is 468. The molecule has 2 rings (SSSR count). The number of hydrogen-bond donors (Lipinski definition) is 2. The molecule has 0 saturated carbocycles. The molecule has 0 unspecified atom stereocenters. The lowest BCUT2D eigenvalue weighted by Gasteiger charge is -2.03. The summed E-state index contributed by atoms with van der Waals surface area (Å²) in [5.74, 6) is -0.366. The standard InChI is InChI=1S/C10H8FNO/c11-9-3-1-2-7-8(9)4-6(12)5-10(7)13/h1-5,13H,12H2. The van der Waals surface area contributed by atoms with Crippen LogP contribution in [-0.4, -0.2) is 5.11 Å². The fourth-order valence-electron chi connectivity index (χ4n) is 1.35. The van der Waals surface area contributed by atoms with E-state index < -0.39 is 0 Å². The molecule has 0 radical (unpaired) electrons. The minimum atomic E-state index is -0.375. The van der Waals surface area contributed by atoms with Gasteiger partial charge in [0.2, 0.25) is 0 Å². The summed E-state index contributed by atoms with van der Waals surface area (Å²) in [5, 5.41) is 10.3. The van der Waals surface area contributed by atoms with Gasteiger partial charge in [-0.1, -0.05) is 12.1 Å². The second-order valence-electron chi connectivity index (χ2n) is 2.87. The number of nitrogen functional groups attached to an aromatic ring is 1. The summed E-state index contributed by atoms with van der Waals surface area (Å²) in [5.41, 5.74) is 5.82. The van der Waals surface area contributed by atoms with Crippen molar-refractivity contribution in [2.45, 2.75) is 0 Å². The Labute approximate surface area is 74.4 Å². The van der Waals surface area contributed by atoms with E-state index in [1.165, 1.54) is 18.2 Å². The van der Waals surface area contributed by atoms with Crippen LogP contribution in [-0.2, 0) is 0 Å². The predicted molar refractivity (Wildman–Crippen MR) is 50.0 cm³/mol. The first-order valence-electron chi connectivity index (χ1n) is 3.85. The molecule has 66 valence electrons. The molecule has 0 atom stereocenters. The second-order valence-corrected chi connectivity index (χ2v) is 2.87. The highest BCUT2D eigenvalue weighted by Crippen LogP contribution is 2.28. The molecule has 2 aromatic rings. The van der Waals surface area contributed by atoms with Gasteiger partial charge in [-0.25, -0.2) is 4.39 Å². The molecule has 0 bridgehead atoms. The lowest BCUT2D eigenvalue weighted by atomic mass is 10.1.